The summed E-state index contributed by atoms with van der Waals surface area (Å²) in [4.78, 5) is 36.7. The van der Waals surface area contributed by atoms with Crippen LogP contribution in [-0.4, -0.2) is 51.2 Å². The minimum absolute atomic E-state index is 0.0172. The van der Waals surface area contributed by atoms with Crippen molar-refractivity contribution in [2.75, 3.05) is 0 Å². The average Bonchev–Trinajstić information content (AvgIpc) is 3.17. The fraction of sp³-hybridized carbons (Fsp3) is 0.438. The van der Waals surface area contributed by atoms with E-state index in [1.807, 2.05) is 0 Å². The predicted molar refractivity (Wildman–Crippen MR) is 74.5 cm³/mol. The molecule has 0 amide bonds. The van der Waals surface area contributed by atoms with Crippen molar-refractivity contribution in [1.82, 2.24) is 0 Å². The molecule has 2 heterocycles. The topological polar surface area (TPSA) is 113 Å². The van der Waals surface area contributed by atoms with E-state index in [2.05, 4.69) is 0 Å². The second-order valence-corrected chi connectivity index (χ2v) is 6.22. The fourth-order valence-corrected chi connectivity index (χ4v) is 4.02. The fourth-order valence-electron chi connectivity index (χ4n) is 4.02. The van der Waals surface area contributed by atoms with E-state index in [0.29, 0.717) is 0 Å². The zero-order valence-corrected chi connectivity index (χ0v) is 12.2. The van der Waals surface area contributed by atoms with Gasteiger partial charge in [-0.15, -0.1) is 0 Å². The summed E-state index contributed by atoms with van der Waals surface area (Å²) in [6, 6.07) is 4.31. The van der Waals surface area contributed by atoms with E-state index < -0.39 is 40.9 Å². The first kappa shape index (κ1) is 14.3. The lowest BCUT2D eigenvalue weighted by atomic mass is 9.68. The minimum atomic E-state index is -1.45. The van der Waals surface area contributed by atoms with Crippen LogP contribution >= 0.6 is 0 Å². The number of carboxylic acids is 1. The van der Waals surface area contributed by atoms with E-state index in [1.54, 1.807) is 6.92 Å². The largest absolute Gasteiger partial charge is 0.507 e. The summed E-state index contributed by atoms with van der Waals surface area (Å²) in [5.41, 5.74) is -2.75. The van der Waals surface area contributed by atoms with E-state index in [9.17, 15) is 19.5 Å². The third kappa shape index (κ3) is 1.53. The molecule has 1 aromatic rings. The van der Waals surface area contributed by atoms with Crippen LogP contribution in [-0.2, 0) is 14.3 Å². The second-order valence-electron chi connectivity index (χ2n) is 6.22. The number of aromatic hydroxyl groups is 1. The van der Waals surface area contributed by atoms with Crippen LogP contribution in [0.2, 0.25) is 0 Å². The van der Waals surface area contributed by atoms with Crippen molar-refractivity contribution in [3.05, 3.63) is 29.3 Å². The molecule has 120 valence electrons. The molecule has 2 N–H and O–H groups in total. The minimum Gasteiger partial charge on any atom is -0.507 e. The van der Waals surface area contributed by atoms with Crippen molar-refractivity contribution < 1.29 is 34.1 Å². The molecule has 2 fully saturated rings. The molecule has 7 heteroatoms. The molecule has 23 heavy (non-hydrogen) atoms. The monoisotopic (exact) mass is 318 g/mol. The number of aliphatic carboxylic acids is 1. The van der Waals surface area contributed by atoms with Crippen LogP contribution in [0, 0.1) is 0 Å². The van der Waals surface area contributed by atoms with Crippen LogP contribution in [0.5, 0.6) is 5.75 Å². The van der Waals surface area contributed by atoms with Gasteiger partial charge < -0.3 is 19.7 Å². The van der Waals surface area contributed by atoms with E-state index in [-0.39, 0.29) is 29.7 Å². The number of hydrogen-bond acceptors (Lipinski definition) is 6. The number of Topliss-reactive ketones (excluding diaryl/α,β-unsaturated/α-hetero) is 2. The lowest BCUT2D eigenvalue weighted by Crippen LogP contribution is -2.57. The molecule has 0 spiro atoms. The molecule has 2 aliphatic heterocycles. The molecule has 0 unspecified atom stereocenters. The first-order valence-corrected chi connectivity index (χ1v) is 7.32. The van der Waals surface area contributed by atoms with Crippen molar-refractivity contribution in [2.45, 2.75) is 43.2 Å². The quantitative estimate of drug-likeness (QED) is 0.780. The molecule has 0 radical (unpaired) electrons. The Balaban J connectivity index is 1.83. The summed E-state index contributed by atoms with van der Waals surface area (Å²) in [6.45, 7) is 1.59. The Kier molecular flexibility index (Phi) is 2.61. The number of carbonyl (C=O) groups is 3. The third-order valence-electron chi connectivity index (χ3n) is 5.00. The number of ketones is 2. The summed E-state index contributed by atoms with van der Waals surface area (Å²) in [5, 5.41) is 18.9. The Morgan fingerprint density at radius 3 is 2.78 bits per heavy atom. The summed E-state index contributed by atoms with van der Waals surface area (Å²) in [6.07, 6.45) is -1.72. The Morgan fingerprint density at radius 1 is 1.35 bits per heavy atom. The number of carboxylic acid groups (broad SMARTS) is 1. The smallest absolute Gasteiger partial charge is 0.305 e. The SMILES string of the molecule is C[C@@H]1O[C@@H](CC(=O)O)C[C@@]23O[C@]12C(=O)c1c(O)cccc1C3=O. The van der Waals surface area contributed by atoms with Crippen LogP contribution in [0.1, 0.15) is 40.5 Å². The van der Waals surface area contributed by atoms with Crippen LogP contribution < -0.4 is 0 Å². The van der Waals surface area contributed by atoms with Gasteiger partial charge in [-0.1, -0.05) is 12.1 Å². The average molecular weight is 318 g/mol. The van der Waals surface area contributed by atoms with Gasteiger partial charge in [0.15, 0.2) is 17.0 Å². The number of phenolic OH excluding ortho intramolecular Hbond substituents is 1. The van der Waals surface area contributed by atoms with Gasteiger partial charge in [0.25, 0.3) is 0 Å². The standard InChI is InChI=1S/C16H14O7/c1-7-16-14(21)12-9(3-2-4-10(12)17)13(20)15(16,23-16)6-8(22-7)5-11(18)19/h2-4,7-8,17H,5-6H2,1H3,(H,18,19)/t7-,8-,15-,16-/m0/s1. The summed E-state index contributed by atoms with van der Waals surface area (Å²) in [7, 11) is 0. The van der Waals surface area contributed by atoms with Gasteiger partial charge in [0.05, 0.1) is 24.2 Å². The van der Waals surface area contributed by atoms with Gasteiger partial charge in [-0.05, 0) is 13.0 Å². The van der Waals surface area contributed by atoms with Crippen molar-refractivity contribution in [3.8, 4) is 5.75 Å². The van der Waals surface area contributed by atoms with Gasteiger partial charge in [-0.2, -0.15) is 0 Å². The maximum absolute atomic E-state index is 12.9. The normalized spacial score (nSPS) is 37.6. The number of fused-ring (bicyclic) bond motifs is 1. The van der Waals surface area contributed by atoms with Crippen LogP contribution in [0.3, 0.4) is 0 Å². The molecular formula is C16H14O7. The van der Waals surface area contributed by atoms with Gasteiger partial charge in [0.1, 0.15) is 5.75 Å². The molecule has 3 aliphatic rings. The van der Waals surface area contributed by atoms with Crippen LogP contribution in [0.4, 0.5) is 0 Å². The molecular weight excluding hydrogens is 304 g/mol. The Bertz CT molecular complexity index is 770. The second kappa shape index (κ2) is 4.18. The highest BCUT2D eigenvalue weighted by atomic mass is 16.7. The van der Waals surface area contributed by atoms with Crippen LogP contribution in [0.25, 0.3) is 0 Å². The van der Waals surface area contributed by atoms with Crippen molar-refractivity contribution in [1.29, 1.82) is 0 Å². The van der Waals surface area contributed by atoms with Gasteiger partial charge >= 0.3 is 5.97 Å². The van der Waals surface area contributed by atoms with Crippen LogP contribution in [0.15, 0.2) is 18.2 Å². The first-order chi connectivity index (χ1) is 10.8. The molecule has 0 bridgehead atoms. The molecule has 7 nitrogen and oxygen atoms in total. The van der Waals surface area contributed by atoms with Crippen molar-refractivity contribution in [3.63, 3.8) is 0 Å². The zero-order chi connectivity index (χ0) is 16.6. The molecule has 1 aromatic carbocycles. The molecule has 1 aliphatic carbocycles. The lowest BCUT2D eigenvalue weighted by Gasteiger charge is -2.36. The number of carbonyl (C=O) groups excluding carboxylic acids is 2. The van der Waals surface area contributed by atoms with Gasteiger partial charge in [-0.3, -0.25) is 14.4 Å². The van der Waals surface area contributed by atoms with E-state index >= 15 is 0 Å². The summed E-state index contributed by atoms with van der Waals surface area (Å²) >= 11 is 0. The first-order valence-electron chi connectivity index (χ1n) is 7.32. The number of benzene rings is 1. The molecule has 0 saturated carbocycles. The molecule has 0 aromatic heterocycles. The van der Waals surface area contributed by atoms with Crippen molar-refractivity contribution in [2.24, 2.45) is 0 Å². The van der Waals surface area contributed by atoms with Gasteiger partial charge in [0.2, 0.25) is 5.78 Å². The maximum Gasteiger partial charge on any atom is 0.305 e. The number of ether oxygens (including phenoxy) is 2. The summed E-state index contributed by atoms with van der Waals surface area (Å²) in [5.74, 6) is -2.18. The molecule has 4 rings (SSSR count). The van der Waals surface area contributed by atoms with Gasteiger partial charge in [0, 0.05) is 12.0 Å². The zero-order valence-electron chi connectivity index (χ0n) is 12.2. The number of hydrogen-bond donors (Lipinski definition) is 2. The molecule has 2 saturated heterocycles. The highest BCUT2D eigenvalue weighted by Crippen LogP contribution is 2.63. The Labute approximate surface area is 130 Å². The summed E-state index contributed by atoms with van der Waals surface area (Å²) < 4.78 is 11.3. The Hall–Kier alpha value is -2.25. The predicted octanol–water partition coefficient (Wildman–Crippen LogP) is 0.931. The highest BCUT2D eigenvalue weighted by Gasteiger charge is 2.85. The molecule has 4 atom stereocenters. The Morgan fingerprint density at radius 2 is 2.09 bits per heavy atom. The highest BCUT2D eigenvalue weighted by molar-refractivity contribution is 6.26. The van der Waals surface area contributed by atoms with Gasteiger partial charge in [-0.25, -0.2) is 0 Å². The van der Waals surface area contributed by atoms with E-state index in [0.717, 1.165) is 0 Å². The third-order valence-corrected chi connectivity index (χ3v) is 5.00. The number of rotatable bonds is 2. The van der Waals surface area contributed by atoms with E-state index in [1.165, 1.54) is 18.2 Å². The number of phenols is 1. The van der Waals surface area contributed by atoms with Crippen molar-refractivity contribution >= 4 is 17.5 Å². The number of epoxide rings is 1. The maximum atomic E-state index is 12.9. The lowest BCUT2D eigenvalue weighted by molar-refractivity contribution is -0.143. The van der Waals surface area contributed by atoms with E-state index in [4.69, 9.17) is 14.6 Å².